The number of nitrogens with one attached hydrogen (secondary N) is 1. The fraction of sp³-hybridized carbons (Fsp3) is 0.320. The molecular formula is C25H29Cl2N3O. The van der Waals surface area contributed by atoms with Crippen LogP contribution in [0.4, 0.5) is 5.82 Å². The predicted octanol–water partition coefficient (Wildman–Crippen LogP) is 6.95. The molecule has 164 valence electrons. The Balaban J connectivity index is 0.00000132. The highest BCUT2D eigenvalue weighted by Crippen LogP contribution is 2.32. The zero-order valence-corrected chi connectivity index (χ0v) is 19.3. The third-order valence-corrected chi connectivity index (χ3v) is 5.79. The van der Waals surface area contributed by atoms with Crippen molar-refractivity contribution in [1.29, 1.82) is 0 Å². The summed E-state index contributed by atoms with van der Waals surface area (Å²) in [5.74, 6) is 1.67. The minimum Gasteiger partial charge on any atom is -0.489 e. The van der Waals surface area contributed by atoms with Crippen molar-refractivity contribution in [3.8, 4) is 16.9 Å². The van der Waals surface area contributed by atoms with E-state index in [-0.39, 0.29) is 0 Å². The molecule has 4 rings (SSSR count). The normalized spacial score (nSPS) is 13.8. The molecule has 1 fully saturated rings. The van der Waals surface area contributed by atoms with E-state index in [1.165, 1.54) is 39.2 Å². The summed E-state index contributed by atoms with van der Waals surface area (Å²) in [6, 6.07) is 18.2. The lowest BCUT2D eigenvalue weighted by molar-refractivity contribution is 0.306. The fourth-order valence-electron chi connectivity index (χ4n) is 3.74. The SMILES string of the molecule is CN.Clc1cccc(COc2cccc(-c3cc(NC4CCCCC4)ncc3Cl)c2)c1. The quantitative estimate of drug-likeness (QED) is 0.420. The van der Waals surface area contributed by atoms with Crippen LogP contribution in [-0.2, 0) is 6.61 Å². The van der Waals surface area contributed by atoms with Crippen LogP contribution in [0.2, 0.25) is 10.0 Å². The van der Waals surface area contributed by atoms with Crippen LogP contribution >= 0.6 is 23.2 Å². The summed E-state index contributed by atoms with van der Waals surface area (Å²) in [4.78, 5) is 4.48. The van der Waals surface area contributed by atoms with Gasteiger partial charge < -0.3 is 15.8 Å². The number of nitrogens with zero attached hydrogens (tertiary/aromatic N) is 1. The maximum atomic E-state index is 6.47. The number of nitrogens with two attached hydrogens (primary N) is 1. The highest BCUT2D eigenvalue weighted by Gasteiger charge is 2.15. The molecule has 0 aliphatic heterocycles. The summed E-state index contributed by atoms with van der Waals surface area (Å²) in [5.41, 5.74) is 7.49. The molecule has 2 aromatic carbocycles. The Bertz CT molecular complexity index is 974. The Morgan fingerprint density at radius 2 is 1.77 bits per heavy atom. The first-order valence-electron chi connectivity index (χ1n) is 10.6. The Labute approximate surface area is 194 Å². The topological polar surface area (TPSA) is 60.2 Å². The number of benzene rings is 2. The number of halogens is 2. The molecule has 4 nitrogen and oxygen atoms in total. The van der Waals surface area contributed by atoms with Crippen molar-refractivity contribution >= 4 is 29.0 Å². The van der Waals surface area contributed by atoms with Crippen molar-refractivity contribution in [2.75, 3.05) is 12.4 Å². The molecule has 0 spiro atoms. The average Bonchev–Trinajstić information content (AvgIpc) is 2.81. The van der Waals surface area contributed by atoms with E-state index in [9.17, 15) is 0 Å². The van der Waals surface area contributed by atoms with Crippen LogP contribution in [0.3, 0.4) is 0 Å². The van der Waals surface area contributed by atoms with Crippen molar-refractivity contribution in [2.24, 2.45) is 5.73 Å². The van der Waals surface area contributed by atoms with E-state index in [2.05, 4.69) is 16.0 Å². The van der Waals surface area contributed by atoms with E-state index in [1.54, 1.807) is 6.20 Å². The van der Waals surface area contributed by atoms with Gasteiger partial charge in [0.2, 0.25) is 0 Å². The summed E-state index contributed by atoms with van der Waals surface area (Å²) in [5, 5.41) is 4.91. The molecule has 1 aromatic heterocycles. The van der Waals surface area contributed by atoms with Crippen LogP contribution in [0, 0.1) is 0 Å². The van der Waals surface area contributed by atoms with E-state index >= 15 is 0 Å². The molecule has 0 radical (unpaired) electrons. The summed E-state index contributed by atoms with van der Waals surface area (Å²) in [6.45, 7) is 0.461. The molecule has 1 aliphatic carbocycles. The van der Waals surface area contributed by atoms with Gasteiger partial charge >= 0.3 is 0 Å². The van der Waals surface area contributed by atoms with Gasteiger partial charge in [0.05, 0.1) is 5.02 Å². The number of ether oxygens (including phenoxy) is 1. The van der Waals surface area contributed by atoms with Crippen molar-refractivity contribution in [3.05, 3.63) is 76.4 Å². The minimum atomic E-state index is 0.461. The van der Waals surface area contributed by atoms with Gasteiger partial charge in [0.1, 0.15) is 18.2 Å². The third-order valence-electron chi connectivity index (χ3n) is 5.25. The number of hydrogen-bond donors (Lipinski definition) is 2. The van der Waals surface area contributed by atoms with E-state index in [0.29, 0.717) is 22.7 Å². The molecule has 0 amide bonds. The monoisotopic (exact) mass is 457 g/mol. The Morgan fingerprint density at radius 3 is 2.55 bits per heavy atom. The predicted molar refractivity (Wildman–Crippen MR) is 131 cm³/mol. The first kappa shape index (κ1) is 23.4. The Hall–Kier alpha value is -2.27. The molecule has 6 heteroatoms. The Morgan fingerprint density at radius 1 is 1.00 bits per heavy atom. The first-order chi connectivity index (χ1) is 15.2. The Kier molecular flexibility index (Phi) is 9.01. The van der Waals surface area contributed by atoms with Gasteiger partial charge in [-0.05, 0) is 61.3 Å². The zero-order chi connectivity index (χ0) is 22.1. The molecule has 1 aliphatic rings. The largest absolute Gasteiger partial charge is 0.489 e. The summed E-state index contributed by atoms with van der Waals surface area (Å²) in [6.07, 6.45) is 8.02. The molecule has 1 heterocycles. The standard InChI is InChI=1S/C24H24Cl2N2O.CH5N/c25-19-8-4-6-17(12-19)16-29-21-11-5-7-18(13-21)22-14-24(27-15-23(22)26)28-20-9-2-1-3-10-20;1-2/h4-8,11-15,20H,1-3,9-10,16H2,(H,27,28);2H2,1H3. The first-order valence-corrected chi connectivity index (χ1v) is 11.4. The minimum absolute atomic E-state index is 0.461. The second-order valence-electron chi connectivity index (χ2n) is 7.48. The van der Waals surface area contributed by atoms with Crippen LogP contribution in [0.25, 0.3) is 11.1 Å². The number of pyridine rings is 1. The molecule has 3 N–H and O–H groups in total. The lowest BCUT2D eigenvalue weighted by atomic mass is 9.95. The van der Waals surface area contributed by atoms with E-state index < -0.39 is 0 Å². The van der Waals surface area contributed by atoms with Crippen LogP contribution in [0.1, 0.15) is 37.7 Å². The van der Waals surface area contributed by atoms with Gasteiger partial charge in [-0.1, -0.05) is 66.7 Å². The third kappa shape index (κ3) is 6.86. The fourth-order valence-corrected chi connectivity index (χ4v) is 4.17. The molecule has 1 saturated carbocycles. The van der Waals surface area contributed by atoms with Gasteiger partial charge in [0.15, 0.2) is 0 Å². The second-order valence-corrected chi connectivity index (χ2v) is 8.32. The average molecular weight is 458 g/mol. The van der Waals surface area contributed by atoms with Gasteiger partial charge in [-0.25, -0.2) is 4.98 Å². The van der Waals surface area contributed by atoms with Crippen molar-refractivity contribution in [3.63, 3.8) is 0 Å². The van der Waals surface area contributed by atoms with E-state index in [1.807, 2.05) is 54.6 Å². The lowest BCUT2D eigenvalue weighted by Gasteiger charge is -2.23. The van der Waals surface area contributed by atoms with Crippen LogP contribution in [0.5, 0.6) is 5.75 Å². The van der Waals surface area contributed by atoms with Gasteiger partial charge in [-0.2, -0.15) is 0 Å². The molecule has 0 saturated heterocycles. The zero-order valence-electron chi connectivity index (χ0n) is 17.8. The van der Waals surface area contributed by atoms with Gasteiger partial charge in [-0.3, -0.25) is 0 Å². The molecule has 31 heavy (non-hydrogen) atoms. The highest BCUT2D eigenvalue weighted by atomic mass is 35.5. The van der Waals surface area contributed by atoms with Crippen molar-refractivity contribution in [1.82, 2.24) is 4.98 Å². The maximum absolute atomic E-state index is 6.47. The molecule has 0 atom stereocenters. The van der Waals surface area contributed by atoms with Gasteiger partial charge in [-0.15, -0.1) is 0 Å². The van der Waals surface area contributed by atoms with Gasteiger partial charge in [0.25, 0.3) is 0 Å². The number of rotatable bonds is 6. The number of aromatic nitrogens is 1. The van der Waals surface area contributed by atoms with E-state index in [0.717, 1.165) is 28.3 Å². The highest BCUT2D eigenvalue weighted by molar-refractivity contribution is 6.33. The maximum Gasteiger partial charge on any atom is 0.126 e. The smallest absolute Gasteiger partial charge is 0.126 e. The summed E-state index contributed by atoms with van der Waals surface area (Å²) >= 11 is 12.5. The van der Waals surface area contributed by atoms with Crippen molar-refractivity contribution in [2.45, 2.75) is 44.8 Å². The van der Waals surface area contributed by atoms with Crippen molar-refractivity contribution < 1.29 is 4.74 Å². The number of anilines is 1. The van der Waals surface area contributed by atoms with Gasteiger partial charge in [0, 0.05) is 22.8 Å². The second kappa shape index (κ2) is 11.9. The van der Waals surface area contributed by atoms with Crippen LogP contribution in [-0.4, -0.2) is 18.1 Å². The molecule has 0 unspecified atom stereocenters. The summed E-state index contributed by atoms with van der Waals surface area (Å²) < 4.78 is 5.97. The lowest BCUT2D eigenvalue weighted by Crippen LogP contribution is -2.22. The molecule has 0 bridgehead atoms. The van der Waals surface area contributed by atoms with E-state index in [4.69, 9.17) is 27.9 Å². The number of hydrogen-bond acceptors (Lipinski definition) is 4. The molecule has 3 aromatic rings. The van der Waals surface area contributed by atoms with Crippen LogP contribution < -0.4 is 15.8 Å². The molecular weight excluding hydrogens is 429 g/mol. The van der Waals surface area contributed by atoms with Crippen LogP contribution in [0.15, 0.2) is 60.8 Å². The summed E-state index contributed by atoms with van der Waals surface area (Å²) in [7, 11) is 1.50.